The van der Waals surface area contributed by atoms with Gasteiger partial charge in [0.15, 0.2) is 5.82 Å². The van der Waals surface area contributed by atoms with Gasteiger partial charge in [-0.3, -0.25) is 10.9 Å². The number of alkyl halides is 3. The fourth-order valence-corrected chi connectivity index (χ4v) is 2.25. The van der Waals surface area contributed by atoms with Crippen LogP contribution in [0.15, 0.2) is 48.5 Å². The molecule has 0 spiro atoms. The van der Waals surface area contributed by atoms with Crippen molar-refractivity contribution in [2.75, 3.05) is 17.9 Å². The van der Waals surface area contributed by atoms with Crippen LogP contribution in [0.1, 0.15) is 5.82 Å². The molecule has 3 N–H and O–H groups in total. The van der Waals surface area contributed by atoms with Crippen LogP contribution in [0.25, 0.3) is 10.9 Å². The van der Waals surface area contributed by atoms with Gasteiger partial charge in [-0.25, -0.2) is 14.8 Å². The van der Waals surface area contributed by atoms with Crippen LogP contribution in [0.4, 0.5) is 29.5 Å². The highest BCUT2D eigenvalue weighted by Crippen LogP contribution is 2.30. The Morgan fingerprint density at radius 1 is 1.04 bits per heavy atom. The van der Waals surface area contributed by atoms with E-state index in [1.807, 2.05) is 0 Å². The van der Waals surface area contributed by atoms with Crippen LogP contribution in [-0.2, 0) is 6.18 Å². The molecule has 0 saturated heterocycles. The maximum atomic E-state index is 13.0. The minimum Gasteiger partial charge on any atom is -0.497 e. The molecule has 0 saturated carbocycles. The van der Waals surface area contributed by atoms with E-state index < -0.39 is 18.0 Å². The van der Waals surface area contributed by atoms with Gasteiger partial charge >= 0.3 is 12.2 Å². The van der Waals surface area contributed by atoms with Crippen molar-refractivity contribution >= 4 is 28.4 Å². The van der Waals surface area contributed by atoms with Gasteiger partial charge in [-0.05, 0) is 36.4 Å². The Bertz CT molecular complexity index is 961. The molecule has 2 aromatic carbocycles. The highest BCUT2D eigenvalue weighted by atomic mass is 19.4. The number of amides is 2. The Labute approximate surface area is 151 Å². The van der Waals surface area contributed by atoms with Gasteiger partial charge in [0.05, 0.1) is 12.6 Å². The Kier molecular flexibility index (Phi) is 4.97. The van der Waals surface area contributed by atoms with Crippen molar-refractivity contribution in [2.24, 2.45) is 0 Å². The summed E-state index contributed by atoms with van der Waals surface area (Å²) in [4.78, 5) is 18.9. The lowest BCUT2D eigenvalue weighted by Gasteiger charge is -2.13. The minimum absolute atomic E-state index is 0.0969. The fraction of sp³-hybridized carbons (Fsp3) is 0.118. The summed E-state index contributed by atoms with van der Waals surface area (Å²) >= 11 is 0. The summed E-state index contributed by atoms with van der Waals surface area (Å²) in [5.74, 6) is -0.856. The quantitative estimate of drug-likeness (QED) is 0.602. The molecule has 3 aromatic rings. The van der Waals surface area contributed by atoms with E-state index >= 15 is 0 Å². The molecule has 2 amide bonds. The first-order valence-electron chi connectivity index (χ1n) is 7.68. The summed E-state index contributed by atoms with van der Waals surface area (Å²) in [6.07, 6.45) is -4.72. The van der Waals surface area contributed by atoms with Crippen LogP contribution >= 0.6 is 0 Å². The molecular formula is C17H14F3N5O2. The molecule has 3 rings (SSSR count). The minimum atomic E-state index is -4.72. The van der Waals surface area contributed by atoms with Gasteiger partial charge in [-0.15, -0.1) is 0 Å². The van der Waals surface area contributed by atoms with Crippen LogP contribution in [-0.4, -0.2) is 23.1 Å². The number of benzene rings is 2. The van der Waals surface area contributed by atoms with Crippen LogP contribution < -0.4 is 20.9 Å². The average molecular weight is 377 g/mol. The predicted octanol–water partition coefficient (Wildman–Crippen LogP) is 3.81. The van der Waals surface area contributed by atoms with Crippen molar-refractivity contribution in [3.05, 3.63) is 54.4 Å². The zero-order valence-corrected chi connectivity index (χ0v) is 14.0. The fourth-order valence-electron chi connectivity index (χ4n) is 2.25. The Morgan fingerprint density at radius 2 is 1.74 bits per heavy atom. The van der Waals surface area contributed by atoms with Crippen LogP contribution in [0.5, 0.6) is 5.75 Å². The van der Waals surface area contributed by atoms with Crippen molar-refractivity contribution in [1.82, 2.24) is 15.4 Å². The van der Waals surface area contributed by atoms with Crippen molar-refractivity contribution in [1.29, 1.82) is 0 Å². The van der Waals surface area contributed by atoms with E-state index in [9.17, 15) is 18.0 Å². The second kappa shape index (κ2) is 7.36. The average Bonchev–Trinajstić information content (AvgIpc) is 2.65. The molecule has 10 heteroatoms. The number of hydrazine groups is 1. The Balaban J connectivity index is 1.76. The number of ether oxygens (including phenoxy) is 1. The summed E-state index contributed by atoms with van der Waals surface area (Å²) in [5, 5.41) is 2.85. The second-order valence-corrected chi connectivity index (χ2v) is 5.34. The molecule has 140 valence electrons. The number of para-hydroxylation sites is 1. The van der Waals surface area contributed by atoms with E-state index in [1.165, 1.54) is 13.2 Å². The molecule has 0 fully saturated rings. The number of methoxy groups -OCH3 is 1. The lowest BCUT2D eigenvalue weighted by atomic mass is 10.2. The van der Waals surface area contributed by atoms with E-state index in [-0.39, 0.29) is 11.3 Å². The predicted molar refractivity (Wildman–Crippen MR) is 93.3 cm³/mol. The molecule has 0 unspecified atom stereocenters. The maximum absolute atomic E-state index is 13.0. The van der Waals surface area contributed by atoms with Crippen molar-refractivity contribution < 1.29 is 22.7 Å². The number of fused-ring (bicyclic) bond motifs is 1. The highest BCUT2D eigenvalue weighted by molar-refractivity contribution is 5.93. The van der Waals surface area contributed by atoms with Gasteiger partial charge in [0, 0.05) is 11.1 Å². The number of halogens is 3. The third kappa shape index (κ3) is 4.35. The Hall–Kier alpha value is -3.56. The summed E-state index contributed by atoms with van der Waals surface area (Å²) < 4.78 is 44.0. The van der Waals surface area contributed by atoms with E-state index in [0.717, 1.165) is 0 Å². The first-order chi connectivity index (χ1) is 12.9. The van der Waals surface area contributed by atoms with Crippen LogP contribution in [0, 0.1) is 0 Å². The van der Waals surface area contributed by atoms with E-state index in [4.69, 9.17) is 4.74 Å². The van der Waals surface area contributed by atoms with Gasteiger partial charge in [0.1, 0.15) is 5.75 Å². The number of nitrogens with zero attached hydrogens (tertiary/aromatic N) is 2. The number of aromatic nitrogens is 2. The van der Waals surface area contributed by atoms with Gasteiger partial charge in [0.2, 0.25) is 5.82 Å². The molecule has 1 heterocycles. The van der Waals surface area contributed by atoms with Gasteiger partial charge in [-0.1, -0.05) is 12.1 Å². The SMILES string of the molecule is COc1ccc(NC(=O)NNc2nc(C(F)(F)F)nc3ccccc23)cc1. The number of hydrogen-bond donors (Lipinski definition) is 3. The molecule has 0 atom stereocenters. The molecule has 1 aromatic heterocycles. The van der Waals surface area contributed by atoms with Crippen LogP contribution in [0.3, 0.4) is 0 Å². The summed E-state index contributed by atoms with van der Waals surface area (Å²) in [6, 6.07) is 12.0. The smallest absolute Gasteiger partial charge is 0.451 e. The topological polar surface area (TPSA) is 88.2 Å². The number of rotatable bonds is 4. The number of carbonyl (C=O) groups excluding carboxylic acids is 1. The molecular weight excluding hydrogens is 363 g/mol. The summed E-state index contributed by atoms with van der Waals surface area (Å²) in [6.45, 7) is 0. The largest absolute Gasteiger partial charge is 0.497 e. The third-order valence-corrected chi connectivity index (χ3v) is 3.50. The van der Waals surface area contributed by atoms with Gasteiger partial charge in [0.25, 0.3) is 0 Å². The van der Waals surface area contributed by atoms with Crippen molar-refractivity contribution in [2.45, 2.75) is 6.18 Å². The number of urea groups is 1. The monoisotopic (exact) mass is 377 g/mol. The summed E-state index contributed by atoms with van der Waals surface area (Å²) in [7, 11) is 1.51. The number of anilines is 2. The number of hydrogen-bond acceptors (Lipinski definition) is 5. The zero-order valence-electron chi connectivity index (χ0n) is 14.0. The number of nitrogens with one attached hydrogen (secondary N) is 3. The normalized spacial score (nSPS) is 11.1. The standard InChI is InChI=1S/C17H14F3N5O2/c1-27-11-8-6-10(7-9-11)21-16(26)25-24-14-12-4-2-3-5-13(12)22-15(23-14)17(18,19)20/h2-9H,1H3,(H2,21,25,26)(H,22,23,24). The van der Waals surface area contributed by atoms with Crippen molar-refractivity contribution in [3.63, 3.8) is 0 Å². The first-order valence-corrected chi connectivity index (χ1v) is 7.68. The number of carbonyl (C=O) groups is 1. The molecule has 0 radical (unpaired) electrons. The third-order valence-electron chi connectivity index (χ3n) is 3.50. The molecule has 27 heavy (non-hydrogen) atoms. The van der Waals surface area contributed by atoms with E-state index in [2.05, 4.69) is 26.1 Å². The lowest BCUT2D eigenvalue weighted by molar-refractivity contribution is -0.144. The molecule has 7 nitrogen and oxygen atoms in total. The second-order valence-electron chi connectivity index (χ2n) is 5.34. The van der Waals surface area contributed by atoms with E-state index in [1.54, 1.807) is 42.5 Å². The summed E-state index contributed by atoms with van der Waals surface area (Å²) in [5.41, 5.74) is 5.23. The molecule has 0 aliphatic heterocycles. The molecule has 0 aliphatic carbocycles. The van der Waals surface area contributed by atoms with Gasteiger partial charge in [-0.2, -0.15) is 13.2 Å². The van der Waals surface area contributed by atoms with Crippen molar-refractivity contribution in [3.8, 4) is 5.75 Å². The molecule has 0 aliphatic rings. The first kappa shape index (κ1) is 18.2. The van der Waals surface area contributed by atoms with Gasteiger partial charge < -0.3 is 10.1 Å². The Morgan fingerprint density at radius 3 is 2.41 bits per heavy atom. The van der Waals surface area contributed by atoms with Crippen LogP contribution in [0.2, 0.25) is 0 Å². The maximum Gasteiger partial charge on any atom is 0.451 e. The highest BCUT2D eigenvalue weighted by Gasteiger charge is 2.35. The van der Waals surface area contributed by atoms with E-state index in [0.29, 0.717) is 16.8 Å². The lowest BCUT2D eigenvalue weighted by Crippen LogP contribution is -2.34. The molecule has 0 bridgehead atoms. The zero-order chi connectivity index (χ0) is 19.4.